The van der Waals surface area contributed by atoms with Crippen LogP contribution in [0.25, 0.3) is 27.7 Å². The van der Waals surface area contributed by atoms with Gasteiger partial charge < -0.3 is 23.7 Å². The van der Waals surface area contributed by atoms with Crippen LogP contribution in [0, 0.1) is 0 Å². The molecule has 3 aliphatic rings. The fourth-order valence-electron chi connectivity index (χ4n) is 3.90. The van der Waals surface area contributed by atoms with E-state index < -0.39 is 0 Å². The van der Waals surface area contributed by atoms with Crippen LogP contribution >= 0.6 is 0 Å². The summed E-state index contributed by atoms with van der Waals surface area (Å²) in [4.78, 5) is 0. The van der Waals surface area contributed by atoms with Crippen LogP contribution in [-0.2, 0) is 11.3 Å². The van der Waals surface area contributed by atoms with Gasteiger partial charge in [-0.05, 0) is 35.2 Å². The lowest BCUT2D eigenvalue weighted by molar-refractivity contribution is 0.174. The van der Waals surface area contributed by atoms with Gasteiger partial charge in [0.1, 0.15) is 12.4 Å². The zero-order valence-corrected chi connectivity index (χ0v) is 13.8. The summed E-state index contributed by atoms with van der Waals surface area (Å²) in [6, 6.07) is 12.1. The molecule has 0 spiro atoms. The van der Waals surface area contributed by atoms with Crippen LogP contribution in [-0.4, -0.2) is 13.6 Å². The molecule has 0 unspecified atom stereocenters. The van der Waals surface area contributed by atoms with Crippen LogP contribution in [0.3, 0.4) is 0 Å². The second-order valence-corrected chi connectivity index (χ2v) is 6.46. The molecule has 0 bridgehead atoms. The van der Waals surface area contributed by atoms with E-state index >= 15 is 0 Å². The molecular formula is C21H14O5. The zero-order valence-electron chi connectivity index (χ0n) is 13.8. The van der Waals surface area contributed by atoms with Crippen molar-refractivity contribution in [2.45, 2.75) is 6.61 Å². The molecule has 3 aromatic carbocycles. The fourth-order valence-corrected chi connectivity index (χ4v) is 3.90. The third kappa shape index (κ3) is 1.74. The third-order valence-corrected chi connectivity index (χ3v) is 5.10. The predicted octanol–water partition coefficient (Wildman–Crippen LogP) is 4.47. The van der Waals surface area contributed by atoms with Gasteiger partial charge in [0.25, 0.3) is 0 Å². The van der Waals surface area contributed by atoms with Crippen molar-refractivity contribution in [3.63, 3.8) is 0 Å². The molecule has 0 radical (unpaired) electrons. The van der Waals surface area contributed by atoms with Crippen molar-refractivity contribution < 1.29 is 23.7 Å². The van der Waals surface area contributed by atoms with Gasteiger partial charge in [0.05, 0.1) is 0 Å². The molecule has 3 heterocycles. The van der Waals surface area contributed by atoms with Gasteiger partial charge in [-0.15, -0.1) is 0 Å². The monoisotopic (exact) mass is 346 g/mol. The van der Waals surface area contributed by atoms with Crippen molar-refractivity contribution in [2.24, 2.45) is 0 Å². The molecule has 0 aromatic heterocycles. The lowest BCUT2D eigenvalue weighted by Gasteiger charge is -2.14. The van der Waals surface area contributed by atoms with Crippen LogP contribution in [0.5, 0.6) is 23.0 Å². The predicted molar refractivity (Wildman–Crippen MR) is 95.5 cm³/mol. The molecule has 5 heteroatoms. The quantitative estimate of drug-likeness (QED) is 0.651. The number of fused-ring (bicyclic) bond motifs is 5. The Morgan fingerprint density at radius 1 is 0.769 bits per heavy atom. The van der Waals surface area contributed by atoms with E-state index in [-0.39, 0.29) is 13.6 Å². The van der Waals surface area contributed by atoms with Gasteiger partial charge in [0.15, 0.2) is 23.0 Å². The van der Waals surface area contributed by atoms with E-state index in [2.05, 4.69) is 12.6 Å². The van der Waals surface area contributed by atoms with E-state index in [1.807, 2.05) is 30.3 Å². The minimum atomic E-state index is 0.231. The summed E-state index contributed by atoms with van der Waals surface area (Å²) in [5.41, 5.74) is 4.23. The Kier molecular flexibility index (Phi) is 2.59. The summed E-state index contributed by atoms with van der Waals surface area (Å²) < 4.78 is 28.2. The van der Waals surface area contributed by atoms with Gasteiger partial charge in [-0.25, -0.2) is 0 Å². The maximum Gasteiger partial charge on any atom is 0.231 e. The average molecular weight is 346 g/mol. The van der Waals surface area contributed by atoms with Crippen LogP contribution in [0.2, 0.25) is 0 Å². The molecule has 0 saturated heterocycles. The van der Waals surface area contributed by atoms with Crippen molar-refractivity contribution >= 4 is 16.5 Å². The molecule has 0 saturated carbocycles. The lowest BCUT2D eigenvalue weighted by Crippen LogP contribution is -1.95. The second kappa shape index (κ2) is 4.85. The molecule has 5 nitrogen and oxygen atoms in total. The van der Waals surface area contributed by atoms with E-state index in [1.54, 1.807) is 0 Å². The van der Waals surface area contributed by atoms with Crippen molar-refractivity contribution in [2.75, 3.05) is 13.6 Å². The standard InChI is InChI=1S/C21H14O5/c1-11-14-6-12-3-5-17-21(26-10-24-17)20(12)19(15(14)8-22-11)13-2-4-16-18(7-13)25-9-23-16/h2-7H,1,8-10H2. The molecule has 0 fully saturated rings. The van der Waals surface area contributed by atoms with Gasteiger partial charge in [0.2, 0.25) is 13.6 Å². The highest BCUT2D eigenvalue weighted by Gasteiger charge is 2.28. The van der Waals surface area contributed by atoms with Crippen molar-refractivity contribution in [1.82, 2.24) is 0 Å². The molecule has 0 atom stereocenters. The normalized spacial score (nSPS) is 16.1. The first-order valence-corrected chi connectivity index (χ1v) is 8.40. The van der Waals surface area contributed by atoms with Crippen LogP contribution < -0.4 is 18.9 Å². The first kappa shape index (κ1) is 13.9. The van der Waals surface area contributed by atoms with Crippen LogP contribution in [0.15, 0.2) is 43.0 Å². The van der Waals surface area contributed by atoms with E-state index in [1.165, 1.54) is 0 Å². The Bertz CT molecular complexity index is 1120. The van der Waals surface area contributed by atoms with Gasteiger partial charge in [-0.3, -0.25) is 0 Å². The second-order valence-electron chi connectivity index (χ2n) is 6.46. The van der Waals surface area contributed by atoms with Crippen molar-refractivity contribution in [1.29, 1.82) is 0 Å². The molecule has 26 heavy (non-hydrogen) atoms. The first-order chi connectivity index (χ1) is 12.8. The summed E-state index contributed by atoms with van der Waals surface area (Å²) >= 11 is 0. The Balaban J connectivity index is 1.73. The molecule has 3 aliphatic heterocycles. The molecule has 128 valence electrons. The highest BCUT2D eigenvalue weighted by molar-refractivity contribution is 6.06. The Labute approximate surface area is 149 Å². The molecule has 6 rings (SSSR count). The molecule has 0 amide bonds. The van der Waals surface area contributed by atoms with Crippen molar-refractivity contribution in [3.05, 3.63) is 54.1 Å². The smallest absolute Gasteiger partial charge is 0.231 e. The minimum Gasteiger partial charge on any atom is -0.489 e. The highest BCUT2D eigenvalue weighted by atomic mass is 16.7. The number of rotatable bonds is 1. The van der Waals surface area contributed by atoms with E-state index in [4.69, 9.17) is 23.7 Å². The number of benzene rings is 3. The van der Waals surface area contributed by atoms with Crippen LogP contribution in [0.4, 0.5) is 0 Å². The molecular weight excluding hydrogens is 332 g/mol. The van der Waals surface area contributed by atoms with Gasteiger partial charge >= 0.3 is 0 Å². The average Bonchev–Trinajstić information content (AvgIpc) is 3.39. The number of hydrogen-bond donors (Lipinski definition) is 0. The zero-order chi connectivity index (χ0) is 17.3. The van der Waals surface area contributed by atoms with E-state index in [0.29, 0.717) is 12.4 Å². The first-order valence-electron chi connectivity index (χ1n) is 8.40. The summed E-state index contributed by atoms with van der Waals surface area (Å²) in [5, 5.41) is 2.09. The Morgan fingerprint density at radius 3 is 2.54 bits per heavy atom. The summed E-state index contributed by atoms with van der Waals surface area (Å²) in [7, 11) is 0. The van der Waals surface area contributed by atoms with Gasteiger partial charge in [-0.2, -0.15) is 0 Å². The maximum absolute atomic E-state index is 5.81. The van der Waals surface area contributed by atoms with E-state index in [0.717, 1.165) is 56.0 Å². The topological polar surface area (TPSA) is 46.2 Å². The lowest BCUT2D eigenvalue weighted by atomic mass is 9.89. The Hall–Kier alpha value is -3.34. The molecule has 3 aromatic rings. The van der Waals surface area contributed by atoms with Gasteiger partial charge in [0, 0.05) is 22.1 Å². The third-order valence-electron chi connectivity index (χ3n) is 5.10. The van der Waals surface area contributed by atoms with E-state index in [9.17, 15) is 0 Å². The number of hydrogen-bond acceptors (Lipinski definition) is 5. The maximum atomic E-state index is 5.81. The minimum absolute atomic E-state index is 0.231. The summed E-state index contributed by atoms with van der Waals surface area (Å²) in [6.45, 7) is 5.01. The largest absolute Gasteiger partial charge is 0.489 e. The van der Waals surface area contributed by atoms with Gasteiger partial charge in [-0.1, -0.05) is 18.7 Å². The fraction of sp³-hybridized carbons (Fsp3) is 0.143. The highest BCUT2D eigenvalue weighted by Crippen LogP contribution is 2.49. The number of ether oxygens (including phenoxy) is 5. The summed E-state index contributed by atoms with van der Waals surface area (Å²) in [6.07, 6.45) is 0. The SMILES string of the molecule is C=C1OCc2c1cc1ccc3c(c1c2-c1ccc2c(c1)OCO2)OCO3. The Morgan fingerprint density at radius 2 is 1.58 bits per heavy atom. The summed E-state index contributed by atoms with van der Waals surface area (Å²) in [5.74, 6) is 3.74. The molecule has 0 N–H and O–H groups in total. The van der Waals surface area contributed by atoms with Crippen molar-refractivity contribution in [3.8, 4) is 34.1 Å². The molecule has 0 aliphatic carbocycles. The van der Waals surface area contributed by atoms with Crippen LogP contribution in [0.1, 0.15) is 11.1 Å².